The molecule has 0 radical (unpaired) electrons. The molecule has 1 atom stereocenters. The van der Waals surface area contributed by atoms with Crippen LogP contribution < -0.4 is 15.4 Å². The number of fused-ring (bicyclic) bond motifs is 1. The fraction of sp³-hybridized carbons (Fsp3) is 0.400. The minimum atomic E-state index is 0.375. The van der Waals surface area contributed by atoms with Crippen LogP contribution in [0.4, 0.5) is 5.69 Å². The summed E-state index contributed by atoms with van der Waals surface area (Å²) in [5, 5.41) is 6.54. The maximum absolute atomic E-state index is 5.59. The van der Waals surface area contributed by atoms with Crippen LogP contribution in [0.1, 0.15) is 0 Å². The lowest BCUT2D eigenvalue weighted by atomic mass is 10.2. The summed E-state index contributed by atoms with van der Waals surface area (Å²) in [6.07, 6.45) is 0. The van der Waals surface area contributed by atoms with Crippen molar-refractivity contribution in [1.29, 1.82) is 0 Å². The van der Waals surface area contributed by atoms with Crippen molar-refractivity contribution in [3.05, 3.63) is 24.3 Å². The highest BCUT2D eigenvalue weighted by Gasteiger charge is 2.16. The molecule has 2 N–H and O–H groups in total. The van der Waals surface area contributed by atoms with Gasteiger partial charge in [-0.15, -0.1) is 0 Å². The van der Waals surface area contributed by atoms with Crippen LogP contribution in [0, 0.1) is 0 Å². The van der Waals surface area contributed by atoms with Crippen molar-refractivity contribution in [2.45, 2.75) is 6.04 Å². The molecule has 0 aromatic heterocycles. The maximum atomic E-state index is 5.59. The van der Waals surface area contributed by atoms with E-state index in [0.717, 1.165) is 24.6 Å². The fourth-order valence-corrected chi connectivity index (χ4v) is 1.52. The van der Waals surface area contributed by atoms with E-state index < -0.39 is 0 Å². The van der Waals surface area contributed by atoms with Crippen LogP contribution in [-0.4, -0.2) is 26.2 Å². The second-order valence-corrected chi connectivity index (χ2v) is 3.21. The summed E-state index contributed by atoms with van der Waals surface area (Å²) in [7, 11) is 1.95. The Morgan fingerprint density at radius 3 is 3.23 bits per heavy atom. The van der Waals surface area contributed by atoms with Crippen LogP contribution in [-0.2, 0) is 0 Å². The van der Waals surface area contributed by atoms with Gasteiger partial charge in [0, 0.05) is 6.54 Å². The molecule has 1 heterocycles. The van der Waals surface area contributed by atoms with E-state index >= 15 is 0 Å². The lowest BCUT2D eigenvalue weighted by Crippen LogP contribution is -2.38. The monoisotopic (exact) mass is 178 g/mol. The lowest BCUT2D eigenvalue weighted by Gasteiger charge is -2.27. The fourth-order valence-electron chi connectivity index (χ4n) is 1.52. The first-order chi connectivity index (χ1) is 6.40. The van der Waals surface area contributed by atoms with Crippen molar-refractivity contribution in [1.82, 2.24) is 5.32 Å². The van der Waals surface area contributed by atoms with Crippen LogP contribution in [0.15, 0.2) is 24.3 Å². The lowest BCUT2D eigenvalue weighted by molar-refractivity contribution is 0.282. The molecule has 70 valence electrons. The predicted octanol–water partition coefficient (Wildman–Crippen LogP) is 1.08. The minimum Gasteiger partial charge on any atom is -0.489 e. The summed E-state index contributed by atoms with van der Waals surface area (Å²) in [5.74, 6) is 0.954. The van der Waals surface area contributed by atoms with E-state index in [9.17, 15) is 0 Å². The molecule has 1 aromatic carbocycles. The van der Waals surface area contributed by atoms with E-state index in [-0.39, 0.29) is 0 Å². The van der Waals surface area contributed by atoms with Gasteiger partial charge in [0.2, 0.25) is 0 Å². The van der Waals surface area contributed by atoms with Gasteiger partial charge in [-0.3, -0.25) is 0 Å². The summed E-state index contributed by atoms with van der Waals surface area (Å²) < 4.78 is 5.59. The average Bonchev–Trinajstić information content (AvgIpc) is 2.18. The summed E-state index contributed by atoms with van der Waals surface area (Å²) in [5.41, 5.74) is 1.09. The zero-order chi connectivity index (χ0) is 9.10. The highest BCUT2D eigenvalue weighted by atomic mass is 16.5. The maximum Gasteiger partial charge on any atom is 0.142 e. The number of hydrogen-bond acceptors (Lipinski definition) is 3. The molecule has 1 aliphatic rings. The van der Waals surface area contributed by atoms with E-state index in [1.807, 2.05) is 31.3 Å². The van der Waals surface area contributed by atoms with Crippen LogP contribution in [0.2, 0.25) is 0 Å². The zero-order valence-electron chi connectivity index (χ0n) is 7.71. The van der Waals surface area contributed by atoms with Gasteiger partial charge in [-0.25, -0.2) is 0 Å². The molecule has 1 aromatic rings. The van der Waals surface area contributed by atoms with Crippen LogP contribution in [0.25, 0.3) is 0 Å². The zero-order valence-corrected chi connectivity index (χ0v) is 7.71. The number of para-hydroxylation sites is 2. The predicted molar refractivity (Wildman–Crippen MR) is 53.3 cm³/mol. The highest BCUT2D eigenvalue weighted by Crippen LogP contribution is 2.27. The number of rotatable bonds is 2. The molecule has 3 nitrogen and oxygen atoms in total. The van der Waals surface area contributed by atoms with Gasteiger partial charge in [-0.1, -0.05) is 12.1 Å². The molecular weight excluding hydrogens is 164 g/mol. The molecule has 1 aliphatic heterocycles. The Kier molecular flexibility index (Phi) is 2.36. The molecule has 0 saturated carbocycles. The van der Waals surface area contributed by atoms with Gasteiger partial charge < -0.3 is 15.4 Å². The van der Waals surface area contributed by atoms with Crippen molar-refractivity contribution in [2.75, 3.05) is 25.5 Å². The van der Waals surface area contributed by atoms with E-state index in [4.69, 9.17) is 4.74 Å². The topological polar surface area (TPSA) is 33.3 Å². The van der Waals surface area contributed by atoms with Gasteiger partial charge in [-0.2, -0.15) is 0 Å². The molecule has 0 amide bonds. The number of anilines is 1. The third-order valence-electron chi connectivity index (χ3n) is 2.14. The third kappa shape index (κ3) is 1.75. The Hall–Kier alpha value is -1.22. The summed E-state index contributed by atoms with van der Waals surface area (Å²) >= 11 is 0. The van der Waals surface area contributed by atoms with Crippen molar-refractivity contribution < 1.29 is 4.74 Å². The molecule has 0 fully saturated rings. The molecule has 0 aliphatic carbocycles. The van der Waals surface area contributed by atoms with Crippen LogP contribution in [0.5, 0.6) is 5.75 Å². The van der Waals surface area contributed by atoms with Crippen molar-refractivity contribution in [2.24, 2.45) is 0 Å². The van der Waals surface area contributed by atoms with E-state index in [1.54, 1.807) is 0 Å². The van der Waals surface area contributed by atoms with Gasteiger partial charge in [0.05, 0.1) is 11.7 Å². The Morgan fingerprint density at radius 1 is 1.54 bits per heavy atom. The molecule has 1 unspecified atom stereocenters. The third-order valence-corrected chi connectivity index (χ3v) is 2.14. The Balaban J connectivity index is 2.11. The Bertz CT molecular complexity index is 288. The van der Waals surface area contributed by atoms with E-state index in [2.05, 4.69) is 10.6 Å². The Morgan fingerprint density at radius 2 is 2.38 bits per heavy atom. The van der Waals surface area contributed by atoms with Gasteiger partial charge >= 0.3 is 0 Å². The van der Waals surface area contributed by atoms with Crippen molar-refractivity contribution in [3.63, 3.8) is 0 Å². The SMILES string of the molecule is CNCC1COc2ccccc2N1. The number of benzene rings is 1. The van der Waals surface area contributed by atoms with E-state index in [1.165, 1.54) is 0 Å². The largest absolute Gasteiger partial charge is 0.489 e. The number of nitrogens with one attached hydrogen (secondary N) is 2. The minimum absolute atomic E-state index is 0.375. The first-order valence-corrected chi connectivity index (χ1v) is 4.53. The quantitative estimate of drug-likeness (QED) is 0.711. The molecule has 0 saturated heterocycles. The van der Waals surface area contributed by atoms with Crippen LogP contribution in [0.3, 0.4) is 0 Å². The first kappa shape index (κ1) is 8.38. The van der Waals surface area contributed by atoms with Gasteiger partial charge in [0.15, 0.2) is 0 Å². The van der Waals surface area contributed by atoms with Crippen LogP contribution >= 0.6 is 0 Å². The number of hydrogen-bond donors (Lipinski definition) is 2. The molecule has 0 bridgehead atoms. The van der Waals surface area contributed by atoms with Crippen molar-refractivity contribution in [3.8, 4) is 5.75 Å². The first-order valence-electron chi connectivity index (χ1n) is 4.53. The van der Waals surface area contributed by atoms with Gasteiger partial charge in [0.1, 0.15) is 12.4 Å². The molecule has 3 heteroatoms. The summed E-state index contributed by atoms with van der Waals surface area (Å²) in [6, 6.07) is 8.39. The molecular formula is C10H14N2O. The molecule has 13 heavy (non-hydrogen) atoms. The molecule has 0 spiro atoms. The van der Waals surface area contributed by atoms with Crippen molar-refractivity contribution >= 4 is 5.69 Å². The standard InChI is InChI=1S/C10H14N2O/c1-11-6-8-7-13-10-5-3-2-4-9(10)12-8/h2-5,8,11-12H,6-7H2,1H3. The number of ether oxygens (including phenoxy) is 1. The number of likely N-dealkylation sites (N-methyl/N-ethyl adjacent to an activating group) is 1. The normalized spacial score (nSPS) is 19.9. The van der Waals surface area contributed by atoms with Gasteiger partial charge in [0.25, 0.3) is 0 Å². The smallest absolute Gasteiger partial charge is 0.142 e. The summed E-state index contributed by atoms with van der Waals surface area (Å²) in [4.78, 5) is 0. The second-order valence-electron chi connectivity index (χ2n) is 3.21. The van der Waals surface area contributed by atoms with Gasteiger partial charge in [-0.05, 0) is 19.2 Å². The highest BCUT2D eigenvalue weighted by molar-refractivity contribution is 5.58. The molecule has 2 rings (SSSR count). The average molecular weight is 178 g/mol. The second kappa shape index (κ2) is 3.66. The Labute approximate surface area is 78.1 Å². The summed E-state index contributed by atoms with van der Waals surface area (Å²) in [6.45, 7) is 1.66. The van der Waals surface area contributed by atoms with E-state index in [0.29, 0.717) is 6.04 Å².